The van der Waals surface area contributed by atoms with Gasteiger partial charge >= 0.3 is 6.36 Å². The molecule has 1 aliphatic heterocycles. The van der Waals surface area contributed by atoms with E-state index in [1.807, 2.05) is 0 Å². The quantitative estimate of drug-likeness (QED) is 0.560. The Labute approximate surface area is 193 Å². The highest BCUT2D eigenvalue weighted by molar-refractivity contribution is 6.05. The Bertz CT molecular complexity index is 1130. The van der Waals surface area contributed by atoms with Gasteiger partial charge in [-0.1, -0.05) is 0 Å². The van der Waals surface area contributed by atoms with Crippen LogP contribution in [0.4, 0.5) is 24.7 Å². The van der Waals surface area contributed by atoms with Crippen LogP contribution in [0.25, 0.3) is 11.1 Å². The third-order valence-corrected chi connectivity index (χ3v) is 5.42. The summed E-state index contributed by atoms with van der Waals surface area (Å²) in [5.74, 6) is -0.0556. The van der Waals surface area contributed by atoms with Crippen LogP contribution in [0.5, 0.6) is 5.75 Å². The number of benzene rings is 1. The highest BCUT2D eigenvalue weighted by Gasteiger charge is 2.31. The molecule has 1 aromatic carbocycles. The summed E-state index contributed by atoms with van der Waals surface area (Å²) in [7, 11) is 0. The largest absolute Gasteiger partial charge is 0.573 e. The molecule has 4 rings (SSSR count). The number of nitrogens with one attached hydrogen (secondary N) is 1. The Balaban J connectivity index is 1.58. The fourth-order valence-corrected chi connectivity index (χ4v) is 3.83. The number of alkyl halides is 3. The number of hydrogen-bond donors (Lipinski definition) is 2. The van der Waals surface area contributed by atoms with Crippen molar-refractivity contribution >= 4 is 17.4 Å². The van der Waals surface area contributed by atoms with Gasteiger partial charge in [0.2, 0.25) is 0 Å². The van der Waals surface area contributed by atoms with E-state index in [0.29, 0.717) is 29.2 Å². The number of nitrogens with zero attached hydrogens (tertiary/aromatic N) is 4. The molecule has 3 aromatic rings. The van der Waals surface area contributed by atoms with E-state index in [9.17, 15) is 23.1 Å². The minimum absolute atomic E-state index is 0.0908. The molecule has 0 aliphatic carbocycles. The number of anilines is 2. The van der Waals surface area contributed by atoms with Crippen molar-refractivity contribution in [3.8, 4) is 16.9 Å². The van der Waals surface area contributed by atoms with Crippen molar-refractivity contribution in [2.75, 3.05) is 29.9 Å². The number of aliphatic hydroxyl groups is 1. The lowest BCUT2D eigenvalue weighted by atomic mass is 9.98. The van der Waals surface area contributed by atoms with E-state index in [0.717, 1.165) is 31.5 Å². The van der Waals surface area contributed by atoms with E-state index in [2.05, 4.69) is 29.9 Å². The first kappa shape index (κ1) is 23.4. The SMILES string of the molecule is O=C(Nc1ccc(OC(F)(F)F)cc1)c1cnc(N2CCCC(CO)C2)c(-c2cncnc2)c1. The van der Waals surface area contributed by atoms with E-state index >= 15 is 0 Å². The van der Waals surface area contributed by atoms with Crippen LogP contribution in [0, 0.1) is 5.92 Å². The summed E-state index contributed by atoms with van der Waals surface area (Å²) in [6, 6.07) is 6.54. The molecule has 1 atom stereocenters. The molecule has 1 fully saturated rings. The number of aromatic nitrogens is 3. The first-order valence-corrected chi connectivity index (χ1v) is 10.6. The Morgan fingerprint density at radius 3 is 2.59 bits per heavy atom. The standard InChI is InChI=1S/C23H22F3N5O3/c24-23(25,26)34-19-5-3-18(4-6-19)30-22(33)16-8-20(17-9-27-14-28-10-17)21(29-11-16)31-7-1-2-15(12-31)13-32/h3-6,8-11,14-15,32H,1-2,7,12-13H2,(H,30,33). The van der Waals surface area contributed by atoms with Crippen molar-refractivity contribution in [1.29, 1.82) is 0 Å². The second-order valence-electron chi connectivity index (χ2n) is 7.89. The maximum absolute atomic E-state index is 12.9. The molecule has 0 bridgehead atoms. The van der Waals surface area contributed by atoms with Crippen molar-refractivity contribution < 1.29 is 27.8 Å². The summed E-state index contributed by atoms with van der Waals surface area (Å²) in [6.07, 6.45) is 3.16. The summed E-state index contributed by atoms with van der Waals surface area (Å²) in [4.78, 5) is 27.6. The van der Waals surface area contributed by atoms with E-state index < -0.39 is 12.3 Å². The van der Waals surface area contributed by atoms with Gasteiger partial charge in [-0.05, 0) is 49.1 Å². The summed E-state index contributed by atoms with van der Waals surface area (Å²) < 4.78 is 40.9. The molecule has 0 radical (unpaired) electrons. The molecule has 1 amide bonds. The summed E-state index contributed by atoms with van der Waals surface area (Å²) in [6.45, 7) is 1.50. The maximum atomic E-state index is 12.9. The van der Waals surface area contributed by atoms with Crippen molar-refractivity contribution in [2.24, 2.45) is 5.92 Å². The molecule has 0 spiro atoms. The zero-order valence-electron chi connectivity index (χ0n) is 18.0. The number of carbonyl (C=O) groups is 1. The molecule has 8 nitrogen and oxygen atoms in total. The first-order chi connectivity index (χ1) is 16.3. The lowest BCUT2D eigenvalue weighted by Crippen LogP contribution is -2.37. The van der Waals surface area contributed by atoms with Gasteiger partial charge in [-0.3, -0.25) is 4.79 Å². The molecule has 2 aromatic heterocycles. The van der Waals surface area contributed by atoms with E-state index in [1.54, 1.807) is 18.5 Å². The van der Waals surface area contributed by atoms with Gasteiger partial charge in [0.1, 0.15) is 17.9 Å². The number of piperidine rings is 1. The van der Waals surface area contributed by atoms with Gasteiger partial charge in [0.15, 0.2) is 0 Å². The van der Waals surface area contributed by atoms with Crippen LogP contribution < -0.4 is 15.0 Å². The Morgan fingerprint density at radius 1 is 1.18 bits per heavy atom. The van der Waals surface area contributed by atoms with Crippen molar-refractivity contribution in [2.45, 2.75) is 19.2 Å². The number of rotatable bonds is 6. The molecular formula is C23H22F3N5O3. The molecule has 2 N–H and O–H groups in total. The molecule has 3 heterocycles. The third kappa shape index (κ3) is 5.79. The first-order valence-electron chi connectivity index (χ1n) is 10.6. The van der Waals surface area contributed by atoms with Gasteiger partial charge in [0.25, 0.3) is 5.91 Å². The van der Waals surface area contributed by atoms with Gasteiger partial charge in [-0.15, -0.1) is 13.2 Å². The summed E-state index contributed by atoms with van der Waals surface area (Å²) in [5.41, 5.74) is 1.91. The highest BCUT2D eigenvalue weighted by atomic mass is 19.4. The molecule has 34 heavy (non-hydrogen) atoms. The second kappa shape index (κ2) is 10.0. The molecule has 0 saturated carbocycles. The lowest BCUT2D eigenvalue weighted by Gasteiger charge is -2.34. The lowest BCUT2D eigenvalue weighted by molar-refractivity contribution is -0.274. The fourth-order valence-electron chi connectivity index (χ4n) is 3.83. The van der Waals surface area contributed by atoms with Crippen LogP contribution in [0.3, 0.4) is 0 Å². The van der Waals surface area contributed by atoms with Crippen molar-refractivity contribution in [3.05, 3.63) is 60.8 Å². The summed E-state index contributed by atoms with van der Waals surface area (Å²) in [5, 5.41) is 12.2. The minimum atomic E-state index is -4.79. The van der Waals surface area contributed by atoms with Crippen LogP contribution >= 0.6 is 0 Å². The number of pyridine rings is 1. The van der Waals surface area contributed by atoms with Crippen LogP contribution in [-0.2, 0) is 0 Å². The zero-order chi connectivity index (χ0) is 24.1. The highest BCUT2D eigenvalue weighted by Crippen LogP contribution is 2.32. The van der Waals surface area contributed by atoms with Crippen LogP contribution in [-0.4, -0.2) is 52.0 Å². The Morgan fingerprint density at radius 2 is 1.91 bits per heavy atom. The van der Waals surface area contributed by atoms with Gasteiger partial charge in [-0.25, -0.2) is 15.0 Å². The van der Waals surface area contributed by atoms with Crippen molar-refractivity contribution in [3.63, 3.8) is 0 Å². The minimum Gasteiger partial charge on any atom is -0.406 e. The molecule has 11 heteroatoms. The number of hydrogen-bond acceptors (Lipinski definition) is 7. The van der Waals surface area contributed by atoms with Gasteiger partial charge < -0.3 is 20.1 Å². The average Bonchev–Trinajstić information content (AvgIpc) is 2.84. The topological polar surface area (TPSA) is 100 Å². The van der Waals surface area contributed by atoms with Gasteiger partial charge in [0, 0.05) is 55.1 Å². The molecule has 1 saturated heterocycles. The van der Waals surface area contributed by atoms with E-state index in [-0.39, 0.29) is 23.8 Å². The van der Waals surface area contributed by atoms with Gasteiger partial charge in [0.05, 0.1) is 5.56 Å². The number of halogens is 3. The van der Waals surface area contributed by atoms with E-state index in [1.165, 1.54) is 24.7 Å². The molecule has 1 unspecified atom stereocenters. The number of carbonyl (C=O) groups excluding carboxylic acids is 1. The van der Waals surface area contributed by atoms with E-state index in [4.69, 9.17) is 0 Å². The summed E-state index contributed by atoms with van der Waals surface area (Å²) >= 11 is 0. The molecule has 178 valence electrons. The molecular weight excluding hydrogens is 451 g/mol. The predicted octanol–water partition coefficient (Wildman–Crippen LogP) is 3.90. The zero-order valence-corrected chi connectivity index (χ0v) is 18.0. The number of aliphatic hydroxyl groups excluding tert-OH is 1. The predicted molar refractivity (Wildman–Crippen MR) is 118 cm³/mol. The Hall–Kier alpha value is -3.73. The fraction of sp³-hybridized carbons (Fsp3) is 0.304. The maximum Gasteiger partial charge on any atom is 0.573 e. The van der Waals surface area contributed by atoms with Crippen LogP contribution in [0.2, 0.25) is 0 Å². The number of ether oxygens (including phenoxy) is 1. The molecule has 1 aliphatic rings. The third-order valence-electron chi connectivity index (χ3n) is 5.42. The smallest absolute Gasteiger partial charge is 0.406 e. The monoisotopic (exact) mass is 473 g/mol. The van der Waals surface area contributed by atoms with Crippen LogP contribution in [0.15, 0.2) is 55.2 Å². The average molecular weight is 473 g/mol. The van der Waals surface area contributed by atoms with Crippen LogP contribution in [0.1, 0.15) is 23.2 Å². The number of amides is 1. The van der Waals surface area contributed by atoms with Gasteiger partial charge in [-0.2, -0.15) is 0 Å². The second-order valence-corrected chi connectivity index (χ2v) is 7.89. The van der Waals surface area contributed by atoms with Crippen molar-refractivity contribution in [1.82, 2.24) is 15.0 Å². The Kier molecular flexibility index (Phi) is 6.92. The normalized spacial score (nSPS) is 16.2.